The molecule has 0 bridgehead atoms. The largest absolute Gasteiger partial charge is 0.508 e. The van der Waals surface area contributed by atoms with Crippen molar-refractivity contribution in [1.29, 1.82) is 0 Å². The van der Waals surface area contributed by atoms with E-state index in [0.29, 0.717) is 12.0 Å². The van der Waals surface area contributed by atoms with E-state index in [1.54, 1.807) is 32.4 Å². The Bertz CT molecular complexity index is 430. The van der Waals surface area contributed by atoms with Gasteiger partial charge >= 0.3 is 0 Å². The molecular weight excluding hydrogens is 268 g/mol. The maximum Gasteiger partial charge on any atom is 0.176 e. The maximum absolute atomic E-state index is 10.2. The van der Waals surface area contributed by atoms with Gasteiger partial charge in [0.1, 0.15) is 11.5 Å². The number of hydrogen-bond acceptors (Lipinski definition) is 4. The Morgan fingerprint density at radius 1 is 1.00 bits per heavy atom. The summed E-state index contributed by atoms with van der Waals surface area (Å²) in [5.41, 5.74) is -0.259. The number of methoxy groups -OCH3 is 2. The SMILES string of the molecule is CCCCCC(OC)(OC)C(C)(C)c1c(O)cccc1O. The number of phenols is 2. The summed E-state index contributed by atoms with van der Waals surface area (Å²) in [5.74, 6) is -0.804. The van der Waals surface area contributed by atoms with E-state index in [1.165, 1.54) is 0 Å². The summed E-state index contributed by atoms with van der Waals surface area (Å²) in [4.78, 5) is 0. The molecule has 21 heavy (non-hydrogen) atoms. The molecule has 0 radical (unpaired) electrons. The second-order valence-corrected chi connectivity index (χ2v) is 5.91. The molecule has 0 heterocycles. The van der Waals surface area contributed by atoms with E-state index in [1.807, 2.05) is 13.8 Å². The van der Waals surface area contributed by atoms with Gasteiger partial charge in [-0.2, -0.15) is 0 Å². The van der Waals surface area contributed by atoms with Crippen LogP contribution < -0.4 is 0 Å². The van der Waals surface area contributed by atoms with E-state index in [0.717, 1.165) is 19.3 Å². The molecule has 1 aromatic rings. The quantitative estimate of drug-likeness (QED) is 0.563. The van der Waals surface area contributed by atoms with E-state index in [4.69, 9.17) is 9.47 Å². The van der Waals surface area contributed by atoms with Crippen molar-refractivity contribution >= 4 is 0 Å². The molecule has 0 saturated carbocycles. The molecule has 0 atom stereocenters. The number of aromatic hydroxyl groups is 2. The minimum absolute atomic E-state index is 0.0500. The molecule has 1 aromatic carbocycles. The number of ether oxygens (including phenoxy) is 2. The molecule has 0 unspecified atom stereocenters. The van der Waals surface area contributed by atoms with Crippen LogP contribution in [0.3, 0.4) is 0 Å². The van der Waals surface area contributed by atoms with Crippen molar-refractivity contribution in [3.8, 4) is 11.5 Å². The van der Waals surface area contributed by atoms with Gasteiger partial charge in [0.15, 0.2) is 5.79 Å². The van der Waals surface area contributed by atoms with Crippen molar-refractivity contribution in [3.63, 3.8) is 0 Å². The number of rotatable bonds is 8. The molecule has 2 N–H and O–H groups in total. The molecule has 0 fully saturated rings. The lowest BCUT2D eigenvalue weighted by Gasteiger charge is -2.45. The molecule has 0 aliphatic carbocycles. The van der Waals surface area contributed by atoms with Gasteiger partial charge in [0.25, 0.3) is 0 Å². The minimum Gasteiger partial charge on any atom is -0.508 e. The number of phenolic OH excluding ortho intramolecular Hbond substituents is 2. The fourth-order valence-electron chi connectivity index (χ4n) is 3.08. The summed E-state index contributed by atoms with van der Waals surface area (Å²) in [6.07, 6.45) is 3.83. The Balaban J connectivity index is 3.27. The summed E-state index contributed by atoms with van der Waals surface area (Å²) in [6, 6.07) is 4.75. The van der Waals surface area contributed by atoms with Crippen molar-refractivity contribution in [2.75, 3.05) is 14.2 Å². The maximum atomic E-state index is 10.2. The highest BCUT2D eigenvalue weighted by Crippen LogP contribution is 2.47. The topological polar surface area (TPSA) is 58.9 Å². The van der Waals surface area contributed by atoms with Gasteiger partial charge in [-0.05, 0) is 18.6 Å². The first-order valence-corrected chi connectivity index (χ1v) is 7.48. The van der Waals surface area contributed by atoms with E-state index < -0.39 is 11.2 Å². The Morgan fingerprint density at radius 3 is 1.95 bits per heavy atom. The van der Waals surface area contributed by atoms with E-state index in [-0.39, 0.29) is 11.5 Å². The molecule has 0 amide bonds. The standard InChI is InChI=1S/C17H28O4/c1-6-7-8-12-17(20-4,21-5)16(2,3)15-13(18)10-9-11-14(15)19/h9-11,18-19H,6-8,12H2,1-5H3. The molecule has 4 nitrogen and oxygen atoms in total. The second kappa shape index (κ2) is 7.14. The molecule has 1 rings (SSSR count). The highest BCUT2D eigenvalue weighted by Gasteiger charge is 2.49. The van der Waals surface area contributed by atoms with Crippen LogP contribution in [-0.4, -0.2) is 30.2 Å². The first-order chi connectivity index (χ1) is 9.86. The van der Waals surface area contributed by atoms with Gasteiger partial charge in [0.05, 0.1) is 5.41 Å². The normalized spacial score (nSPS) is 12.6. The Morgan fingerprint density at radius 2 is 1.52 bits per heavy atom. The fraction of sp³-hybridized carbons (Fsp3) is 0.647. The van der Waals surface area contributed by atoms with E-state index >= 15 is 0 Å². The zero-order chi connectivity index (χ0) is 16.1. The van der Waals surface area contributed by atoms with Crippen molar-refractivity contribution in [2.45, 2.75) is 57.7 Å². The number of benzene rings is 1. The molecule has 0 aliphatic heterocycles. The molecule has 0 spiro atoms. The molecule has 0 saturated heterocycles. The van der Waals surface area contributed by atoms with Crippen LogP contribution in [0.2, 0.25) is 0 Å². The van der Waals surface area contributed by atoms with Gasteiger partial charge in [0.2, 0.25) is 0 Å². The predicted molar refractivity (Wildman–Crippen MR) is 83.7 cm³/mol. The monoisotopic (exact) mass is 296 g/mol. The molecule has 0 aliphatic rings. The Kier molecular flexibility index (Phi) is 6.05. The lowest BCUT2D eigenvalue weighted by atomic mass is 9.73. The average Bonchev–Trinajstić information content (AvgIpc) is 2.43. The van der Waals surface area contributed by atoms with Gasteiger partial charge in [-0.3, -0.25) is 0 Å². The molecule has 120 valence electrons. The van der Waals surface area contributed by atoms with Crippen LogP contribution in [0, 0.1) is 0 Å². The lowest BCUT2D eigenvalue weighted by molar-refractivity contribution is -0.249. The lowest BCUT2D eigenvalue weighted by Crippen LogP contribution is -2.51. The number of hydrogen-bond donors (Lipinski definition) is 2. The van der Waals surface area contributed by atoms with Crippen LogP contribution in [0.25, 0.3) is 0 Å². The van der Waals surface area contributed by atoms with E-state index in [9.17, 15) is 10.2 Å². The summed E-state index contributed by atoms with van der Waals surface area (Å²) in [5, 5.41) is 20.4. The highest BCUT2D eigenvalue weighted by atomic mass is 16.7. The van der Waals surface area contributed by atoms with Crippen LogP contribution in [0.5, 0.6) is 11.5 Å². The van der Waals surface area contributed by atoms with Crippen LogP contribution in [0.1, 0.15) is 52.0 Å². The van der Waals surface area contributed by atoms with Gasteiger partial charge < -0.3 is 19.7 Å². The van der Waals surface area contributed by atoms with Gasteiger partial charge in [0, 0.05) is 26.2 Å². The molecule has 0 aromatic heterocycles. The Hall–Kier alpha value is -1.26. The summed E-state index contributed by atoms with van der Waals surface area (Å²) in [7, 11) is 3.21. The fourth-order valence-corrected chi connectivity index (χ4v) is 3.08. The highest BCUT2D eigenvalue weighted by molar-refractivity contribution is 5.49. The van der Waals surface area contributed by atoms with Crippen molar-refractivity contribution < 1.29 is 19.7 Å². The zero-order valence-corrected chi connectivity index (χ0v) is 13.8. The molecular formula is C17H28O4. The van der Waals surface area contributed by atoms with Gasteiger partial charge in [-0.15, -0.1) is 0 Å². The van der Waals surface area contributed by atoms with Crippen LogP contribution in [0.4, 0.5) is 0 Å². The smallest absolute Gasteiger partial charge is 0.176 e. The summed E-state index contributed by atoms with van der Waals surface area (Å²) >= 11 is 0. The van der Waals surface area contributed by atoms with Crippen LogP contribution >= 0.6 is 0 Å². The van der Waals surface area contributed by atoms with Crippen LogP contribution in [0.15, 0.2) is 18.2 Å². The summed E-state index contributed by atoms with van der Waals surface area (Å²) < 4.78 is 11.4. The Labute approximate surface area is 127 Å². The van der Waals surface area contributed by atoms with Crippen LogP contribution in [-0.2, 0) is 14.9 Å². The first kappa shape index (κ1) is 17.8. The molecule has 4 heteroatoms. The minimum atomic E-state index is -0.904. The number of unbranched alkanes of at least 4 members (excludes halogenated alkanes) is 2. The third-order valence-corrected chi connectivity index (χ3v) is 4.37. The summed E-state index contributed by atoms with van der Waals surface area (Å²) in [6.45, 7) is 5.97. The van der Waals surface area contributed by atoms with Gasteiger partial charge in [-0.25, -0.2) is 0 Å². The average molecular weight is 296 g/mol. The van der Waals surface area contributed by atoms with Crippen molar-refractivity contribution in [1.82, 2.24) is 0 Å². The predicted octanol–water partition coefficient (Wildman–Crippen LogP) is 3.94. The van der Waals surface area contributed by atoms with Crippen molar-refractivity contribution in [3.05, 3.63) is 23.8 Å². The van der Waals surface area contributed by atoms with Gasteiger partial charge in [-0.1, -0.05) is 39.7 Å². The third-order valence-electron chi connectivity index (χ3n) is 4.37. The first-order valence-electron chi connectivity index (χ1n) is 7.48. The zero-order valence-electron chi connectivity index (χ0n) is 13.8. The van der Waals surface area contributed by atoms with E-state index in [2.05, 4.69) is 6.92 Å². The third kappa shape index (κ3) is 3.33. The second-order valence-electron chi connectivity index (χ2n) is 5.91. The van der Waals surface area contributed by atoms with Crippen molar-refractivity contribution in [2.24, 2.45) is 0 Å².